The van der Waals surface area contributed by atoms with Gasteiger partial charge in [-0.25, -0.2) is 0 Å². The first-order valence-corrected chi connectivity index (χ1v) is 7.48. The second-order valence-corrected chi connectivity index (χ2v) is 5.86. The highest BCUT2D eigenvalue weighted by atomic mass is 28.2. The Bertz CT molecular complexity index is 335. The van der Waals surface area contributed by atoms with Crippen LogP contribution in [0.2, 0.25) is 5.54 Å². The van der Waals surface area contributed by atoms with Crippen LogP contribution in [0.25, 0.3) is 6.08 Å². The van der Waals surface area contributed by atoms with Crippen molar-refractivity contribution in [2.45, 2.75) is 31.9 Å². The van der Waals surface area contributed by atoms with Crippen molar-refractivity contribution in [2.24, 2.45) is 0 Å². The summed E-state index contributed by atoms with van der Waals surface area (Å²) in [6.07, 6.45) is 3.24. The van der Waals surface area contributed by atoms with Crippen LogP contribution in [0.15, 0.2) is 30.8 Å². The molecule has 94 valence electrons. The van der Waals surface area contributed by atoms with Crippen LogP contribution in [0.4, 0.5) is 0 Å². The fourth-order valence-corrected chi connectivity index (χ4v) is 2.98. The maximum absolute atomic E-state index is 5.91. The highest BCUT2D eigenvalue weighted by Crippen LogP contribution is 2.19. The molecule has 0 aliphatic heterocycles. The molecule has 3 heteroatoms. The van der Waals surface area contributed by atoms with Crippen LogP contribution in [0.3, 0.4) is 0 Å². The lowest BCUT2D eigenvalue weighted by molar-refractivity contribution is 0.108. The molecule has 2 atom stereocenters. The lowest BCUT2D eigenvalue weighted by Crippen LogP contribution is -2.22. The third-order valence-electron chi connectivity index (χ3n) is 3.14. The van der Waals surface area contributed by atoms with E-state index in [0.29, 0.717) is 11.6 Å². The molecule has 0 aromatic heterocycles. The van der Waals surface area contributed by atoms with E-state index < -0.39 is 9.76 Å². The summed E-state index contributed by atoms with van der Waals surface area (Å²) >= 11 is 0. The first kappa shape index (κ1) is 14.0. The Hall–Kier alpha value is -1.06. The van der Waals surface area contributed by atoms with Crippen LogP contribution in [-0.4, -0.2) is 23.0 Å². The summed E-state index contributed by atoms with van der Waals surface area (Å²) in [6.45, 7) is 8.04. The van der Waals surface area contributed by atoms with Crippen LogP contribution in [0, 0.1) is 0 Å². The predicted octanol–water partition coefficient (Wildman–Crippen LogP) is 3.03. The van der Waals surface area contributed by atoms with Gasteiger partial charge in [0.25, 0.3) is 0 Å². The van der Waals surface area contributed by atoms with E-state index in [2.05, 4.69) is 20.4 Å². The Morgan fingerprint density at radius 1 is 1.35 bits per heavy atom. The van der Waals surface area contributed by atoms with Gasteiger partial charge in [-0.15, -0.1) is 0 Å². The number of hydrogen-bond donors (Lipinski definition) is 0. The molecular formula is C14H22O2Si. The predicted molar refractivity (Wildman–Crippen MR) is 76.2 cm³/mol. The largest absolute Gasteiger partial charge is 0.549 e. The summed E-state index contributed by atoms with van der Waals surface area (Å²) in [4.78, 5) is 0. The summed E-state index contributed by atoms with van der Waals surface area (Å²) in [5.41, 5.74) is 1.69. The standard InChI is InChI=1S/C14H22O2Si/c1-5-12-7-9-13(10-8-12)16-17-14(6-2)11(3)15-4/h5,7-11,14H,1,6,17H2,2-4H3. The van der Waals surface area contributed by atoms with E-state index >= 15 is 0 Å². The maximum atomic E-state index is 5.91. The molecule has 17 heavy (non-hydrogen) atoms. The molecular weight excluding hydrogens is 228 g/mol. The third kappa shape index (κ3) is 4.36. The Morgan fingerprint density at radius 2 is 2.00 bits per heavy atom. The van der Waals surface area contributed by atoms with E-state index in [4.69, 9.17) is 9.16 Å². The van der Waals surface area contributed by atoms with Crippen LogP contribution < -0.4 is 4.43 Å². The zero-order chi connectivity index (χ0) is 12.7. The molecule has 0 aliphatic carbocycles. The van der Waals surface area contributed by atoms with Crippen molar-refractivity contribution in [3.05, 3.63) is 36.4 Å². The summed E-state index contributed by atoms with van der Waals surface area (Å²) in [7, 11) is 1.16. The zero-order valence-corrected chi connectivity index (χ0v) is 12.4. The third-order valence-corrected chi connectivity index (χ3v) is 5.31. The van der Waals surface area contributed by atoms with Gasteiger partial charge in [0.2, 0.25) is 9.76 Å². The highest BCUT2D eigenvalue weighted by molar-refractivity contribution is 6.31. The lowest BCUT2D eigenvalue weighted by Gasteiger charge is -2.21. The molecule has 0 fully saturated rings. The summed E-state index contributed by atoms with van der Waals surface area (Å²) in [5.74, 6) is 0.962. The van der Waals surface area contributed by atoms with Gasteiger partial charge in [-0.3, -0.25) is 0 Å². The van der Waals surface area contributed by atoms with Crippen molar-refractivity contribution in [3.63, 3.8) is 0 Å². The van der Waals surface area contributed by atoms with Gasteiger partial charge in [0.05, 0.1) is 6.10 Å². The molecule has 0 heterocycles. The molecule has 2 unspecified atom stereocenters. The summed E-state index contributed by atoms with van der Waals surface area (Å²) in [6, 6.07) is 8.07. The topological polar surface area (TPSA) is 18.5 Å². The average molecular weight is 250 g/mol. The van der Waals surface area contributed by atoms with Crippen molar-refractivity contribution in [3.8, 4) is 5.75 Å². The van der Waals surface area contributed by atoms with E-state index in [1.165, 1.54) is 0 Å². The van der Waals surface area contributed by atoms with Crippen molar-refractivity contribution in [1.82, 2.24) is 0 Å². The Balaban J connectivity index is 2.50. The smallest absolute Gasteiger partial charge is 0.225 e. The molecule has 0 spiro atoms. The van der Waals surface area contributed by atoms with E-state index in [1.807, 2.05) is 30.3 Å². The molecule has 0 N–H and O–H groups in total. The minimum Gasteiger partial charge on any atom is -0.549 e. The number of methoxy groups -OCH3 is 1. The second kappa shape index (κ2) is 7.30. The van der Waals surface area contributed by atoms with Crippen molar-refractivity contribution in [2.75, 3.05) is 7.11 Å². The first-order chi connectivity index (χ1) is 8.21. The van der Waals surface area contributed by atoms with Gasteiger partial charge in [0.1, 0.15) is 5.75 Å². The Morgan fingerprint density at radius 3 is 2.47 bits per heavy atom. The number of rotatable bonds is 7. The molecule has 0 radical (unpaired) electrons. The van der Waals surface area contributed by atoms with Gasteiger partial charge in [-0.1, -0.05) is 38.1 Å². The summed E-state index contributed by atoms with van der Waals surface area (Å²) < 4.78 is 11.3. The van der Waals surface area contributed by atoms with Crippen molar-refractivity contribution >= 4 is 15.8 Å². The van der Waals surface area contributed by atoms with Crippen LogP contribution in [0.5, 0.6) is 5.75 Å². The molecule has 0 saturated heterocycles. The minimum absolute atomic E-state index is 0.291. The number of ether oxygens (including phenoxy) is 1. The quantitative estimate of drug-likeness (QED) is 0.693. The summed E-state index contributed by atoms with van der Waals surface area (Å²) in [5, 5.41) is 0. The van der Waals surface area contributed by atoms with Gasteiger partial charge in [-0.05, 0) is 24.6 Å². The monoisotopic (exact) mass is 250 g/mol. The number of hydrogen-bond acceptors (Lipinski definition) is 2. The highest BCUT2D eigenvalue weighted by Gasteiger charge is 2.16. The molecule has 0 saturated carbocycles. The normalized spacial score (nSPS) is 14.8. The minimum atomic E-state index is -0.601. The zero-order valence-electron chi connectivity index (χ0n) is 11.0. The molecule has 1 aromatic rings. The second-order valence-electron chi connectivity index (χ2n) is 4.19. The van der Waals surface area contributed by atoms with Crippen LogP contribution in [0.1, 0.15) is 25.8 Å². The Labute approximate surface area is 107 Å². The molecule has 0 bridgehead atoms. The van der Waals surface area contributed by atoms with Crippen molar-refractivity contribution < 1.29 is 9.16 Å². The average Bonchev–Trinajstić information content (AvgIpc) is 2.39. The van der Waals surface area contributed by atoms with E-state index in [9.17, 15) is 0 Å². The van der Waals surface area contributed by atoms with E-state index in [-0.39, 0.29) is 0 Å². The van der Waals surface area contributed by atoms with Gasteiger partial charge in [0.15, 0.2) is 0 Å². The lowest BCUT2D eigenvalue weighted by atomic mass is 10.2. The number of benzene rings is 1. The Kier molecular flexibility index (Phi) is 6.01. The molecule has 0 amide bonds. The SMILES string of the molecule is C=Cc1ccc(O[SiH2]C(CC)C(C)OC)cc1. The first-order valence-electron chi connectivity index (χ1n) is 6.09. The molecule has 2 nitrogen and oxygen atoms in total. The van der Waals surface area contributed by atoms with Gasteiger partial charge in [-0.2, -0.15) is 0 Å². The van der Waals surface area contributed by atoms with Crippen LogP contribution in [-0.2, 0) is 4.74 Å². The van der Waals surface area contributed by atoms with Gasteiger partial charge < -0.3 is 9.16 Å². The van der Waals surface area contributed by atoms with E-state index in [0.717, 1.165) is 17.7 Å². The van der Waals surface area contributed by atoms with Crippen molar-refractivity contribution in [1.29, 1.82) is 0 Å². The fraction of sp³-hybridized carbons (Fsp3) is 0.429. The van der Waals surface area contributed by atoms with Gasteiger partial charge in [0, 0.05) is 12.7 Å². The fourth-order valence-electron chi connectivity index (χ4n) is 1.68. The molecule has 1 aromatic carbocycles. The van der Waals surface area contributed by atoms with Crippen LogP contribution >= 0.6 is 0 Å². The molecule has 1 rings (SSSR count). The van der Waals surface area contributed by atoms with Gasteiger partial charge >= 0.3 is 0 Å². The maximum Gasteiger partial charge on any atom is 0.225 e. The molecule has 0 aliphatic rings. The van der Waals surface area contributed by atoms with E-state index in [1.54, 1.807) is 7.11 Å².